The Morgan fingerprint density at radius 1 is 1.47 bits per heavy atom. The normalized spacial score (nSPS) is 20.5. The van der Waals surface area contributed by atoms with E-state index < -0.39 is 0 Å². The number of methoxy groups -OCH3 is 1. The van der Waals surface area contributed by atoms with Crippen LogP contribution in [-0.2, 0) is 6.54 Å². The van der Waals surface area contributed by atoms with E-state index in [1.807, 2.05) is 19.1 Å². The molecule has 0 radical (unpaired) electrons. The lowest BCUT2D eigenvalue weighted by Crippen LogP contribution is -2.35. The van der Waals surface area contributed by atoms with E-state index in [0.29, 0.717) is 12.5 Å². The molecule has 1 aliphatic heterocycles. The molecule has 1 atom stereocenters. The van der Waals surface area contributed by atoms with Gasteiger partial charge in [-0.05, 0) is 38.6 Å². The second-order valence-electron chi connectivity index (χ2n) is 5.40. The van der Waals surface area contributed by atoms with E-state index in [1.54, 1.807) is 7.11 Å². The van der Waals surface area contributed by atoms with E-state index in [2.05, 4.69) is 9.88 Å². The second kappa shape index (κ2) is 6.87. The Morgan fingerprint density at radius 3 is 3.05 bits per heavy atom. The van der Waals surface area contributed by atoms with Crippen LogP contribution in [-0.4, -0.2) is 41.8 Å². The van der Waals surface area contributed by atoms with Gasteiger partial charge in [-0.1, -0.05) is 0 Å². The van der Waals surface area contributed by atoms with Gasteiger partial charge in [-0.2, -0.15) is 0 Å². The van der Waals surface area contributed by atoms with E-state index in [9.17, 15) is 0 Å². The Bertz CT molecular complexity index is 407. The molecule has 0 bridgehead atoms. The first kappa shape index (κ1) is 14.3. The Morgan fingerprint density at radius 2 is 2.32 bits per heavy atom. The van der Waals surface area contributed by atoms with Gasteiger partial charge in [0.05, 0.1) is 12.8 Å². The molecule has 0 amide bonds. The number of aryl methyl sites for hydroxylation is 1. The van der Waals surface area contributed by atoms with Crippen molar-refractivity contribution >= 4 is 0 Å². The molecule has 1 unspecified atom stereocenters. The van der Waals surface area contributed by atoms with Crippen molar-refractivity contribution in [2.75, 3.05) is 26.8 Å². The van der Waals surface area contributed by atoms with Crippen LogP contribution in [0.2, 0.25) is 0 Å². The Balaban J connectivity index is 1.98. The number of ether oxygens (including phenoxy) is 1. The minimum Gasteiger partial charge on any atom is -0.497 e. The van der Waals surface area contributed by atoms with Gasteiger partial charge in [0.1, 0.15) is 5.75 Å². The average Bonchev–Trinajstić information content (AvgIpc) is 2.39. The van der Waals surface area contributed by atoms with E-state index in [4.69, 9.17) is 9.84 Å². The number of hydrogen-bond acceptors (Lipinski definition) is 4. The predicted octanol–water partition coefficient (Wildman–Crippen LogP) is 1.99. The number of aromatic nitrogens is 1. The summed E-state index contributed by atoms with van der Waals surface area (Å²) in [6.07, 6.45) is 3.37. The minimum absolute atomic E-state index is 0.301. The second-order valence-corrected chi connectivity index (χ2v) is 5.40. The summed E-state index contributed by atoms with van der Waals surface area (Å²) in [6, 6.07) is 3.97. The maximum absolute atomic E-state index is 9.05. The highest BCUT2D eigenvalue weighted by Crippen LogP contribution is 2.21. The average molecular weight is 264 g/mol. The minimum atomic E-state index is 0.301. The maximum atomic E-state index is 9.05. The quantitative estimate of drug-likeness (QED) is 0.883. The van der Waals surface area contributed by atoms with Crippen LogP contribution < -0.4 is 4.74 Å². The summed E-state index contributed by atoms with van der Waals surface area (Å²) in [6.45, 7) is 5.37. The van der Waals surface area contributed by atoms with Crippen molar-refractivity contribution in [3.05, 3.63) is 23.5 Å². The molecule has 1 N–H and O–H groups in total. The molecule has 0 aliphatic carbocycles. The van der Waals surface area contributed by atoms with Crippen LogP contribution in [0.5, 0.6) is 5.75 Å². The van der Waals surface area contributed by atoms with Gasteiger partial charge >= 0.3 is 0 Å². The molecule has 0 aromatic carbocycles. The van der Waals surface area contributed by atoms with Gasteiger partial charge < -0.3 is 9.84 Å². The number of aliphatic hydroxyl groups is 1. The monoisotopic (exact) mass is 264 g/mol. The van der Waals surface area contributed by atoms with Crippen molar-refractivity contribution in [1.29, 1.82) is 0 Å². The number of pyridine rings is 1. The fourth-order valence-corrected chi connectivity index (χ4v) is 2.84. The van der Waals surface area contributed by atoms with Crippen LogP contribution in [0.15, 0.2) is 12.1 Å². The topological polar surface area (TPSA) is 45.6 Å². The lowest BCUT2D eigenvalue weighted by atomic mass is 9.95. The molecule has 19 heavy (non-hydrogen) atoms. The molecule has 0 spiro atoms. The molecular formula is C15H24N2O2. The summed E-state index contributed by atoms with van der Waals surface area (Å²) in [7, 11) is 1.69. The zero-order valence-corrected chi connectivity index (χ0v) is 11.9. The number of likely N-dealkylation sites (tertiary alicyclic amines) is 1. The molecule has 1 fully saturated rings. The van der Waals surface area contributed by atoms with Crippen molar-refractivity contribution in [2.45, 2.75) is 32.7 Å². The largest absolute Gasteiger partial charge is 0.497 e. The smallest absolute Gasteiger partial charge is 0.122 e. The van der Waals surface area contributed by atoms with Gasteiger partial charge in [0.25, 0.3) is 0 Å². The highest BCUT2D eigenvalue weighted by molar-refractivity contribution is 5.26. The van der Waals surface area contributed by atoms with Gasteiger partial charge in [-0.15, -0.1) is 0 Å². The standard InChI is InChI=1S/C15H24N2O2/c1-12-8-15(19-2)9-14(16-12)11-17-6-3-4-13(10-17)5-7-18/h8-9,13,18H,3-7,10-11H2,1-2H3. The van der Waals surface area contributed by atoms with Crippen LogP contribution in [0, 0.1) is 12.8 Å². The zero-order valence-electron chi connectivity index (χ0n) is 11.9. The number of hydrogen-bond donors (Lipinski definition) is 1. The molecule has 4 heteroatoms. The molecule has 106 valence electrons. The molecule has 1 aliphatic rings. The molecule has 1 aromatic rings. The molecule has 2 rings (SSSR count). The molecule has 1 saturated heterocycles. The van der Waals surface area contributed by atoms with Crippen LogP contribution in [0.25, 0.3) is 0 Å². The SMILES string of the molecule is COc1cc(C)nc(CN2CCCC(CCO)C2)c1. The first-order valence-electron chi connectivity index (χ1n) is 7.06. The van der Waals surface area contributed by atoms with E-state index >= 15 is 0 Å². The summed E-state index contributed by atoms with van der Waals surface area (Å²) in [4.78, 5) is 7.01. The Labute approximate surface area is 115 Å². The Hall–Kier alpha value is -1.13. The predicted molar refractivity (Wildman–Crippen MR) is 75.2 cm³/mol. The van der Waals surface area contributed by atoms with Crippen LogP contribution in [0.3, 0.4) is 0 Å². The summed E-state index contributed by atoms with van der Waals surface area (Å²) >= 11 is 0. The summed E-state index contributed by atoms with van der Waals surface area (Å²) < 4.78 is 5.29. The van der Waals surface area contributed by atoms with Crippen molar-refractivity contribution in [3.63, 3.8) is 0 Å². The molecule has 4 nitrogen and oxygen atoms in total. The number of piperidine rings is 1. The fourth-order valence-electron chi connectivity index (χ4n) is 2.84. The third kappa shape index (κ3) is 4.18. The van der Waals surface area contributed by atoms with E-state index in [-0.39, 0.29) is 0 Å². The van der Waals surface area contributed by atoms with Crippen molar-refractivity contribution in [2.24, 2.45) is 5.92 Å². The van der Waals surface area contributed by atoms with Crippen molar-refractivity contribution in [1.82, 2.24) is 9.88 Å². The third-order valence-corrected chi connectivity index (χ3v) is 3.74. The van der Waals surface area contributed by atoms with Gasteiger partial charge in [0.2, 0.25) is 0 Å². The molecular weight excluding hydrogens is 240 g/mol. The van der Waals surface area contributed by atoms with Crippen molar-refractivity contribution in [3.8, 4) is 5.75 Å². The van der Waals surface area contributed by atoms with Gasteiger partial charge in [0, 0.05) is 37.5 Å². The maximum Gasteiger partial charge on any atom is 0.122 e. The number of nitrogens with zero attached hydrogens (tertiary/aromatic N) is 2. The highest BCUT2D eigenvalue weighted by Gasteiger charge is 2.20. The number of aliphatic hydroxyl groups excluding tert-OH is 1. The fraction of sp³-hybridized carbons (Fsp3) is 0.667. The van der Waals surface area contributed by atoms with Gasteiger partial charge in [-0.3, -0.25) is 9.88 Å². The lowest BCUT2D eigenvalue weighted by molar-refractivity contribution is 0.141. The number of rotatable bonds is 5. The van der Waals surface area contributed by atoms with Crippen molar-refractivity contribution < 1.29 is 9.84 Å². The van der Waals surface area contributed by atoms with Crippen LogP contribution in [0.1, 0.15) is 30.7 Å². The first-order valence-corrected chi connectivity index (χ1v) is 7.06. The van der Waals surface area contributed by atoms with Gasteiger partial charge in [0.15, 0.2) is 0 Å². The summed E-state index contributed by atoms with van der Waals surface area (Å²) in [5.74, 6) is 1.51. The summed E-state index contributed by atoms with van der Waals surface area (Å²) in [5.41, 5.74) is 2.07. The van der Waals surface area contributed by atoms with E-state index in [0.717, 1.165) is 43.2 Å². The third-order valence-electron chi connectivity index (χ3n) is 3.74. The highest BCUT2D eigenvalue weighted by atomic mass is 16.5. The molecule has 0 saturated carbocycles. The first-order chi connectivity index (χ1) is 9.21. The molecule has 1 aromatic heterocycles. The van der Waals surface area contributed by atoms with Crippen LogP contribution in [0.4, 0.5) is 0 Å². The summed E-state index contributed by atoms with van der Waals surface area (Å²) in [5, 5.41) is 9.05. The lowest BCUT2D eigenvalue weighted by Gasteiger charge is -2.32. The molecule has 2 heterocycles. The van der Waals surface area contributed by atoms with E-state index in [1.165, 1.54) is 12.8 Å². The zero-order chi connectivity index (χ0) is 13.7. The van der Waals surface area contributed by atoms with Crippen LogP contribution >= 0.6 is 0 Å². The Kier molecular flexibility index (Phi) is 5.16. The van der Waals surface area contributed by atoms with Gasteiger partial charge in [-0.25, -0.2) is 0 Å².